The number of nitrogens with one attached hydrogen (secondary N) is 1. The molecule has 5 heteroatoms. The maximum Gasteiger partial charge on any atom is 0.234 e. The monoisotopic (exact) mass is 283 g/mol. The first kappa shape index (κ1) is 17.0. The van der Waals surface area contributed by atoms with Crippen molar-refractivity contribution in [3.05, 3.63) is 0 Å². The lowest BCUT2D eigenvalue weighted by Crippen LogP contribution is -2.51. The lowest BCUT2D eigenvalue weighted by atomic mass is 9.91. The SMILES string of the molecule is CC(C)NC(=O)CN1CCN(C(=O)CC(C)(C)C)CC1. The molecule has 0 aromatic rings. The minimum Gasteiger partial charge on any atom is -0.353 e. The molecule has 20 heavy (non-hydrogen) atoms. The van der Waals surface area contributed by atoms with E-state index in [1.54, 1.807) is 0 Å². The zero-order valence-electron chi connectivity index (χ0n) is 13.5. The Balaban J connectivity index is 2.33. The Bertz CT molecular complexity index is 340. The Labute approximate surface area is 122 Å². The molecule has 0 saturated carbocycles. The van der Waals surface area contributed by atoms with Crippen LogP contribution in [-0.4, -0.2) is 60.4 Å². The highest BCUT2D eigenvalue weighted by molar-refractivity contribution is 5.78. The highest BCUT2D eigenvalue weighted by atomic mass is 16.2. The molecule has 1 fully saturated rings. The quantitative estimate of drug-likeness (QED) is 0.840. The fourth-order valence-electron chi connectivity index (χ4n) is 2.29. The van der Waals surface area contributed by atoms with Crippen LogP contribution >= 0.6 is 0 Å². The van der Waals surface area contributed by atoms with E-state index in [9.17, 15) is 9.59 Å². The van der Waals surface area contributed by atoms with Crippen molar-refractivity contribution in [2.24, 2.45) is 5.41 Å². The number of amides is 2. The van der Waals surface area contributed by atoms with E-state index in [1.807, 2.05) is 18.7 Å². The molecule has 0 aromatic heterocycles. The summed E-state index contributed by atoms with van der Waals surface area (Å²) in [6, 6.07) is 0.178. The Hall–Kier alpha value is -1.10. The van der Waals surface area contributed by atoms with Crippen molar-refractivity contribution >= 4 is 11.8 Å². The van der Waals surface area contributed by atoms with E-state index in [2.05, 4.69) is 31.0 Å². The van der Waals surface area contributed by atoms with Crippen LogP contribution in [0.3, 0.4) is 0 Å². The van der Waals surface area contributed by atoms with Gasteiger partial charge in [0.1, 0.15) is 0 Å². The molecule has 1 saturated heterocycles. The highest BCUT2D eigenvalue weighted by Gasteiger charge is 2.25. The molecule has 0 spiro atoms. The molecule has 1 aliphatic heterocycles. The van der Waals surface area contributed by atoms with Crippen LogP contribution in [0.1, 0.15) is 41.0 Å². The van der Waals surface area contributed by atoms with Crippen LogP contribution in [-0.2, 0) is 9.59 Å². The number of hydrogen-bond acceptors (Lipinski definition) is 3. The highest BCUT2D eigenvalue weighted by Crippen LogP contribution is 2.20. The van der Waals surface area contributed by atoms with Gasteiger partial charge in [-0.25, -0.2) is 0 Å². The van der Waals surface area contributed by atoms with Gasteiger partial charge in [0.2, 0.25) is 11.8 Å². The zero-order valence-corrected chi connectivity index (χ0v) is 13.5. The second-order valence-electron chi connectivity index (χ2n) is 7.12. The molecular formula is C15H29N3O2. The van der Waals surface area contributed by atoms with Gasteiger partial charge in [-0.05, 0) is 19.3 Å². The molecular weight excluding hydrogens is 254 g/mol. The number of hydrogen-bond donors (Lipinski definition) is 1. The maximum atomic E-state index is 12.1. The summed E-state index contributed by atoms with van der Waals surface area (Å²) in [5.74, 6) is 0.290. The summed E-state index contributed by atoms with van der Waals surface area (Å²) in [7, 11) is 0. The van der Waals surface area contributed by atoms with Crippen LogP contribution in [0.15, 0.2) is 0 Å². The number of carbonyl (C=O) groups excluding carboxylic acids is 2. The van der Waals surface area contributed by atoms with E-state index in [0.29, 0.717) is 13.0 Å². The van der Waals surface area contributed by atoms with E-state index in [0.717, 1.165) is 26.2 Å². The Morgan fingerprint density at radius 2 is 1.65 bits per heavy atom. The lowest BCUT2D eigenvalue weighted by Gasteiger charge is -2.35. The fourth-order valence-corrected chi connectivity index (χ4v) is 2.29. The molecule has 0 atom stereocenters. The van der Waals surface area contributed by atoms with Gasteiger partial charge in [-0.2, -0.15) is 0 Å². The van der Waals surface area contributed by atoms with E-state index in [1.165, 1.54) is 0 Å². The smallest absolute Gasteiger partial charge is 0.234 e. The summed E-state index contributed by atoms with van der Waals surface area (Å²) in [5, 5.41) is 2.89. The van der Waals surface area contributed by atoms with E-state index in [-0.39, 0.29) is 23.3 Å². The largest absolute Gasteiger partial charge is 0.353 e. The summed E-state index contributed by atoms with van der Waals surface area (Å²) in [6.45, 7) is 13.6. The first-order valence-corrected chi connectivity index (χ1v) is 7.47. The standard InChI is InChI=1S/C15H29N3O2/c1-12(2)16-13(19)11-17-6-8-18(9-7-17)14(20)10-15(3,4)5/h12H,6-11H2,1-5H3,(H,16,19). The summed E-state index contributed by atoms with van der Waals surface area (Å²) in [4.78, 5) is 27.8. The predicted molar refractivity (Wildman–Crippen MR) is 80.4 cm³/mol. The number of rotatable bonds is 4. The average Bonchev–Trinajstić information content (AvgIpc) is 2.26. The minimum absolute atomic E-state index is 0.0331. The molecule has 116 valence electrons. The Morgan fingerprint density at radius 1 is 1.10 bits per heavy atom. The zero-order chi connectivity index (χ0) is 15.3. The summed E-state index contributed by atoms with van der Waals surface area (Å²) >= 11 is 0. The topological polar surface area (TPSA) is 52.7 Å². The minimum atomic E-state index is 0.0331. The van der Waals surface area contributed by atoms with Crippen molar-refractivity contribution < 1.29 is 9.59 Å². The van der Waals surface area contributed by atoms with Crippen molar-refractivity contribution in [2.45, 2.75) is 47.1 Å². The van der Waals surface area contributed by atoms with Crippen LogP contribution in [0.5, 0.6) is 0 Å². The van der Waals surface area contributed by atoms with Crippen molar-refractivity contribution in [1.82, 2.24) is 15.1 Å². The van der Waals surface area contributed by atoms with E-state index in [4.69, 9.17) is 0 Å². The average molecular weight is 283 g/mol. The van der Waals surface area contributed by atoms with Crippen LogP contribution < -0.4 is 5.32 Å². The first-order valence-electron chi connectivity index (χ1n) is 7.47. The van der Waals surface area contributed by atoms with Crippen molar-refractivity contribution in [3.8, 4) is 0 Å². The van der Waals surface area contributed by atoms with Gasteiger partial charge in [-0.3, -0.25) is 14.5 Å². The third-order valence-electron chi connectivity index (χ3n) is 3.22. The molecule has 0 unspecified atom stereocenters. The maximum absolute atomic E-state index is 12.1. The molecule has 5 nitrogen and oxygen atoms in total. The van der Waals surface area contributed by atoms with Gasteiger partial charge in [-0.15, -0.1) is 0 Å². The van der Waals surface area contributed by atoms with Crippen LogP contribution in [0, 0.1) is 5.41 Å². The number of nitrogens with zero attached hydrogens (tertiary/aromatic N) is 2. The molecule has 1 rings (SSSR count). The van der Waals surface area contributed by atoms with Crippen LogP contribution in [0.25, 0.3) is 0 Å². The van der Waals surface area contributed by atoms with E-state index >= 15 is 0 Å². The molecule has 0 aromatic carbocycles. The third-order valence-corrected chi connectivity index (χ3v) is 3.22. The van der Waals surface area contributed by atoms with Gasteiger partial charge in [0.15, 0.2) is 0 Å². The molecule has 0 aliphatic carbocycles. The van der Waals surface area contributed by atoms with Gasteiger partial charge in [0, 0.05) is 38.6 Å². The second kappa shape index (κ2) is 7.07. The lowest BCUT2D eigenvalue weighted by molar-refractivity contribution is -0.135. The second-order valence-corrected chi connectivity index (χ2v) is 7.12. The number of carbonyl (C=O) groups is 2. The van der Waals surface area contributed by atoms with Crippen LogP contribution in [0.4, 0.5) is 0 Å². The Kier molecular flexibility index (Phi) is 5.99. The molecule has 1 heterocycles. The van der Waals surface area contributed by atoms with Gasteiger partial charge in [0.25, 0.3) is 0 Å². The van der Waals surface area contributed by atoms with Gasteiger partial charge in [0.05, 0.1) is 6.54 Å². The number of piperazine rings is 1. The molecule has 1 aliphatic rings. The predicted octanol–water partition coefficient (Wildman–Crippen LogP) is 1.09. The van der Waals surface area contributed by atoms with Gasteiger partial charge in [-0.1, -0.05) is 20.8 Å². The van der Waals surface area contributed by atoms with E-state index < -0.39 is 0 Å². The molecule has 0 radical (unpaired) electrons. The van der Waals surface area contributed by atoms with Gasteiger partial charge >= 0.3 is 0 Å². The van der Waals surface area contributed by atoms with Crippen LogP contribution in [0.2, 0.25) is 0 Å². The summed E-state index contributed by atoms with van der Waals surface area (Å²) in [6.07, 6.45) is 0.584. The third kappa shape index (κ3) is 6.37. The van der Waals surface area contributed by atoms with Crippen molar-refractivity contribution in [3.63, 3.8) is 0 Å². The molecule has 0 bridgehead atoms. The normalized spacial score (nSPS) is 17.4. The summed E-state index contributed by atoms with van der Waals surface area (Å²) in [5.41, 5.74) is 0.0331. The molecule has 1 N–H and O–H groups in total. The molecule has 2 amide bonds. The fraction of sp³-hybridized carbons (Fsp3) is 0.867. The first-order chi connectivity index (χ1) is 9.17. The summed E-state index contributed by atoms with van der Waals surface area (Å²) < 4.78 is 0. The Morgan fingerprint density at radius 3 is 2.10 bits per heavy atom. The van der Waals surface area contributed by atoms with Crippen molar-refractivity contribution in [2.75, 3.05) is 32.7 Å². The van der Waals surface area contributed by atoms with Gasteiger partial charge < -0.3 is 10.2 Å². The van der Waals surface area contributed by atoms with Crippen molar-refractivity contribution in [1.29, 1.82) is 0 Å².